The third-order valence-corrected chi connectivity index (χ3v) is 3.28. The van der Waals surface area contributed by atoms with Crippen LogP contribution in [0, 0.1) is 0 Å². The third kappa shape index (κ3) is 3.29. The van der Waals surface area contributed by atoms with Crippen LogP contribution in [0.4, 0.5) is 5.69 Å². The van der Waals surface area contributed by atoms with E-state index < -0.39 is 6.17 Å². The quantitative estimate of drug-likeness (QED) is 0.720. The lowest BCUT2D eigenvalue weighted by Gasteiger charge is -2.33. The molecule has 1 aromatic rings. The molecule has 1 aliphatic rings. The van der Waals surface area contributed by atoms with E-state index in [4.69, 9.17) is 11.5 Å². The van der Waals surface area contributed by atoms with Crippen molar-refractivity contribution in [3.8, 4) is 0 Å². The van der Waals surface area contributed by atoms with Crippen molar-refractivity contribution in [1.82, 2.24) is 4.90 Å². The molecule has 0 bridgehead atoms. The Morgan fingerprint density at radius 3 is 2.50 bits per heavy atom. The lowest BCUT2D eigenvalue weighted by Crippen LogP contribution is -2.54. The maximum Gasteiger partial charge on any atom is 0.256 e. The molecule has 18 heavy (non-hydrogen) atoms. The number of piperidine rings is 1. The molecule has 0 radical (unpaired) electrons. The molecule has 1 saturated heterocycles. The molecule has 5 heteroatoms. The fourth-order valence-electron chi connectivity index (χ4n) is 2.10. The molecule has 0 spiro atoms. The molecule has 0 aromatic heterocycles. The van der Waals surface area contributed by atoms with Crippen molar-refractivity contribution in [3.05, 3.63) is 30.3 Å². The van der Waals surface area contributed by atoms with Gasteiger partial charge in [0.15, 0.2) is 0 Å². The Morgan fingerprint density at radius 1 is 1.28 bits per heavy atom. The van der Waals surface area contributed by atoms with Gasteiger partial charge in [0.05, 0.1) is 0 Å². The van der Waals surface area contributed by atoms with Crippen molar-refractivity contribution in [2.75, 3.05) is 18.4 Å². The van der Waals surface area contributed by atoms with Gasteiger partial charge in [-0.2, -0.15) is 0 Å². The number of para-hydroxylation sites is 1. The molecular formula is C13H20N4O. The van der Waals surface area contributed by atoms with Crippen LogP contribution in [0.1, 0.15) is 12.8 Å². The van der Waals surface area contributed by atoms with Gasteiger partial charge in [0.1, 0.15) is 6.17 Å². The smallest absolute Gasteiger partial charge is 0.256 e. The molecule has 1 heterocycles. The summed E-state index contributed by atoms with van der Waals surface area (Å²) in [6.07, 6.45) is 1.19. The van der Waals surface area contributed by atoms with Gasteiger partial charge in [-0.05, 0) is 25.0 Å². The Hall–Kier alpha value is -1.43. The zero-order chi connectivity index (χ0) is 13.0. The number of nitrogens with zero attached hydrogens (tertiary/aromatic N) is 1. The number of hydrogen-bond donors (Lipinski definition) is 3. The highest BCUT2D eigenvalue weighted by molar-refractivity contribution is 5.94. The summed E-state index contributed by atoms with van der Waals surface area (Å²) in [5.41, 5.74) is 12.6. The van der Waals surface area contributed by atoms with Gasteiger partial charge in [-0.15, -0.1) is 0 Å². The number of rotatable bonds is 3. The number of likely N-dealkylation sites (tertiary alicyclic amines) is 1. The van der Waals surface area contributed by atoms with Crippen LogP contribution < -0.4 is 16.8 Å². The highest BCUT2D eigenvalue weighted by atomic mass is 16.2. The molecule has 1 aliphatic heterocycles. The minimum absolute atomic E-state index is 0.170. The Kier molecular flexibility index (Phi) is 4.30. The van der Waals surface area contributed by atoms with Crippen LogP contribution in [0.2, 0.25) is 0 Å². The number of nitrogens with two attached hydrogens (primary N) is 2. The second kappa shape index (κ2) is 5.95. The molecule has 5 N–H and O–H groups in total. The topological polar surface area (TPSA) is 84.4 Å². The zero-order valence-corrected chi connectivity index (χ0v) is 10.4. The van der Waals surface area contributed by atoms with Crippen molar-refractivity contribution in [2.45, 2.75) is 25.0 Å². The van der Waals surface area contributed by atoms with Crippen molar-refractivity contribution in [3.63, 3.8) is 0 Å². The first-order valence-electron chi connectivity index (χ1n) is 6.28. The van der Waals surface area contributed by atoms with E-state index in [0.717, 1.165) is 31.6 Å². The number of amides is 1. The number of carbonyl (C=O) groups is 1. The van der Waals surface area contributed by atoms with E-state index in [1.807, 2.05) is 35.2 Å². The highest BCUT2D eigenvalue weighted by Gasteiger charge is 2.25. The summed E-state index contributed by atoms with van der Waals surface area (Å²) in [4.78, 5) is 14.0. The predicted molar refractivity (Wildman–Crippen MR) is 71.8 cm³/mol. The molecule has 1 fully saturated rings. The zero-order valence-electron chi connectivity index (χ0n) is 10.4. The van der Waals surface area contributed by atoms with Crippen LogP contribution >= 0.6 is 0 Å². The first-order chi connectivity index (χ1) is 8.66. The molecule has 1 aromatic carbocycles. The molecule has 2 rings (SSSR count). The minimum atomic E-state index is -0.599. The number of carbonyl (C=O) groups excluding carboxylic acids is 1. The van der Waals surface area contributed by atoms with Gasteiger partial charge < -0.3 is 16.8 Å². The van der Waals surface area contributed by atoms with Crippen LogP contribution in [-0.2, 0) is 4.79 Å². The molecular weight excluding hydrogens is 228 g/mol. The predicted octanol–water partition coefficient (Wildman–Crippen LogP) is 0.333. The summed E-state index contributed by atoms with van der Waals surface area (Å²) in [5, 5.41) is 2.81. The molecule has 98 valence electrons. The van der Waals surface area contributed by atoms with Gasteiger partial charge >= 0.3 is 0 Å². The summed E-state index contributed by atoms with van der Waals surface area (Å²) in [6.45, 7) is 1.56. The van der Waals surface area contributed by atoms with Crippen LogP contribution in [0.5, 0.6) is 0 Å². The summed E-state index contributed by atoms with van der Waals surface area (Å²) >= 11 is 0. The van der Waals surface area contributed by atoms with E-state index in [1.165, 1.54) is 0 Å². The number of nitrogens with one attached hydrogen (secondary N) is 1. The molecule has 1 amide bonds. The SMILES string of the molecule is NC1CCN(C(N)C(=O)Nc2ccccc2)CC1. The van der Waals surface area contributed by atoms with Crippen LogP contribution in [0.3, 0.4) is 0 Å². The highest BCUT2D eigenvalue weighted by Crippen LogP contribution is 2.11. The van der Waals surface area contributed by atoms with E-state index in [9.17, 15) is 4.79 Å². The van der Waals surface area contributed by atoms with Gasteiger partial charge in [0.2, 0.25) is 0 Å². The third-order valence-electron chi connectivity index (χ3n) is 3.28. The van der Waals surface area contributed by atoms with E-state index in [1.54, 1.807) is 0 Å². The molecule has 1 unspecified atom stereocenters. The van der Waals surface area contributed by atoms with Gasteiger partial charge in [-0.25, -0.2) is 0 Å². The Bertz CT molecular complexity index is 387. The van der Waals surface area contributed by atoms with Gasteiger partial charge in [0.25, 0.3) is 5.91 Å². The Balaban J connectivity index is 1.89. The normalized spacial score (nSPS) is 19.4. The summed E-state index contributed by atoms with van der Waals surface area (Å²) in [7, 11) is 0. The Morgan fingerprint density at radius 2 is 1.89 bits per heavy atom. The first kappa shape index (κ1) is 13.0. The standard InChI is InChI=1S/C13H20N4O/c14-10-6-8-17(9-7-10)12(15)13(18)16-11-4-2-1-3-5-11/h1-5,10,12H,6-9,14-15H2,(H,16,18). The van der Waals surface area contributed by atoms with Crippen molar-refractivity contribution in [1.29, 1.82) is 0 Å². The molecule has 1 atom stereocenters. The average Bonchev–Trinajstić information content (AvgIpc) is 2.40. The van der Waals surface area contributed by atoms with Gasteiger partial charge in [-0.1, -0.05) is 18.2 Å². The maximum absolute atomic E-state index is 12.0. The van der Waals surface area contributed by atoms with E-state index in [2.05, 4.69) is 5.32 Å². The van der Waals surface area contributed by atoms with Crippen LogP contribution in [0.15, 0.2) is 30.3 Å². The lowest BCUT2D eigenvalue weighted by atomic mass is 10.1. The number of anilines is 1. The second-order valence-electron chi connectivity index (χ2n) is 4.67. The monoisotopic (exact) mass is 248 g/mol. The van der Waals surface area contributed by atoms with Gasteiger partial charge in [0, 0.05) is 24.8 Å². The fraction of sp³-hybridized carbons (Fsp3) is 0.462. The van der Waals surface area contributed by atoms with E-state index in [-0.39, 0.29) is 11.9 Å². The second-order valence-corrected chi connectivity index (χ2v) is 4.67. The fourth-order valence-corrected chi connectivity index (χ4v) is 2.10. The first-order valence-corrected chi connectivity index (χ1v) is 6.28. The van der Waals surface area contributed by atoms with Crippen LogP contribution in [0.25, 0.3) is 0 Å². The van der Waals surface area contributed by atoms with Crippen LogP contribution in [-0.4, -0.2) is 36.1 Å². The maximum atomic E-state index is 12.0. The molecule has 0 aliphatic carbocycles. The number of hydrogen-bond acceptors (Lipinski definition) is 4. The Labute approximate surface area is 107 Å². The van der Waals surface area contributed by atoms with Crippen molar-refractivity contribution < 1.29 is 4.79 Å². The summed E-state index contributed by atoms with van der Waals surface area (Å²) < 4.78 is 0. The number of benzene rings is 1. The largest absolute Gasteiger partial charge is 0.328 e. The lowest BCUT2D eigenvalue weighted by molar-refractivity contribution is -0.121. The average molecular weight is 248 g/mol. The van der Waals surface area contributed by atoms with E-state index >= 15 is 0 Å². The van der Waals surface area contributed by atoms with Gasteiger partial charge in [-0.3, -0.25) is 9.69 Å². The summed E-state index contributed by atoms with van der Waals surface area (Å²) in [5.74, 6) is -0.170. The minimum Gasteiger partial charge on any atom is -0.328 e. The molecule has 5 nitrogen and oxygen atoms in total. The van der Waals surface area contributed by atoms with Crippen molar-refractivity contribution >= 4 is 11.6 Å². The van der Waals surface area contributed by atoms with Crippen molar-refractivity contribution in [2.24, 2.45) is 11.5 Å². The molecule has 0 saturated carbocycles. The summed E-state index contributed by atoms with van der Waals surface area (Å²) in [6, 6.07) is 9.59. The van der Waals surface area contributed by atoms with E-state index in [0.29, 0.717) is 0 Å².